The van der Waals surface area contributed by atoms with Gasteiger partial charge < -0.3 is 10.4 Å². The highest BCUT2D eigenvalue weighted by atomic mass is 32.1. The zero-order valence-corrected chi connectivity index (χ0v) is 12.4. The molecule has 0 aliphatic rings. The average molecular weight is 307 g/mol. The fourth-order valence-electron chi connectivity index (χ4n) is 1.58. The standard InChI is InChI=1S/C14H13NO3S2/c1-9-6-12(20-11(9)2-3-13(16)17)14(18)15-7-10-4-5-19-8-10/h2-6,8H,7H2,1H3,(H,15,18)(H,16,17)/b3-2+. The lowest BCUT2D eigenvalue weighted by Gasteiger charge is -2.00. The molecule has 0 fully saturated rings. The summed E-state index contributed by atoms with van der Waals surface area (Å²) in [4.78, 5) is 23.9. The summed E-state index contributed by atoms with van der Waals surface area (Å²) in [5, 5.41) is 15.4. The molecule has 0 aliphatic carbocycles. The van der Waals surface area contributed by atoms with Crippen molar-refractivity contribution < 1.29 is 14.7 Å². The van der Waals surface area contributed by atoms with Gasteiger partial charge in [0.25, 0.3) is 5.91 Å². The van der Waals surface area contributed by atoms with Crippen molar-refractivity contribution in [3.63, 3.8) is 0 Å². The first kappa shape index (κ1) is 14.5. The van der Waals surface area contributed by atoms with Crippen LogP contribution in [0, 0.1) is 6.92 Å². The molecule has 1 amide bonds. The number of carbonyl (C=O) groups excluding carboxylic acids is 1. The molecule has 6 heteroatoms. The van der Waals surface area contributed by atoms with E-state index in [0.29, 0.717) is 11.4 Å². The van der Waals surface area contributed by atoms with Crippen LogP contribution in [-0.2, 0) is 11.3 Å². The molecule has 0 spiro atoms. The molecule has 2 rings (SSSR count). The van der Waals surface area contributed by atoms with E-state index in [2.05, 4.69) is 5.32 Å². The van der Waals surface area contributed by atoms with Crippen LogP contribution in [0.15, 0.2) is 29.0 Å². The topological polar surface area (TPSA) is 66.4 Å². The highest BCUT2D eigenvalue weighted by molar-refractivity contribution is 7.15. The van der Waals surface area contributed by atoms with Crippen molar-refractivity contribution >= 4 is 40.6 Å². The minimum atomic E-state index is -0.999. The molecule has 0 aliphatic heterocycles. The third kappa shape index (κ3) is 3.79. The number of aryl methyl sites for hydroxylation is 1. The van der Waals surface area contributed by atoms with Crippen molar-refractivity contribution in [2.24, 2.45) is 0 Å². The number of aliphatic carboxylic acids is 1. The Labute approximate surface area is 124 Å². The molecule has 0 atom stereocenters. The van der Waals surface area contributed by atoms with Crippen LogP contribution in [0.1, 0.15) is 25.7 Å². The number of nitrogens with one attached hydrogen (secondary N) is 1. The van der Waals surface area contributed by atoms with Crippen LogP contribution in [-0.4, -0.2) is 17.0 Å². The van der Waals surface area contributed by atoms with Gasteiger partial charge in [0.2, 0.25) is 0 Å². The van der Waals surface area contributed by atoms with Gasteiger partial charge in [0.15, 0.2) is 0 Å². The van der Waals surface area contributed by atoms with E-state index in [0.717, 1.165) is 22.1 Å². The lowest BCUT2D eigenvalue weighted by Crippen LogP contribution is -2.21. The van der Waals surface area contributed by atoms with Gasteiger partial charge >= 0.3 is 5.97 Å². The molecular weight excluding hydrogens is 294 g/mol. The minimum Gasteiger partial charge on any atom is -0.478 e. The van der Waals surface area contributed by atoms with Gasteiger partial charge in [0.05, 0.1) is 4.88 Å². The zero-order valence-electron chi connectivity index (χ0n) is 10.8. The zero-order chi connectivity index (χ0) is 14.5. The lowest BCUT2D eigenvalue weighted by atomic mass is 10.2. The molecular formula is C14H13NO3S2. The first-order valence-electron chi connectivity index (χ1n) is 5.87. The van der Waals surface area contributed by atoms with E-state index >= 15 is 0 Å². The van der Waals surface area contributed by atoms with E-state index in [4.69, 9.17) is 5.11 Å². The van der Waals surface area contributed by atoms with Crippen molar-refractivity contribution in [3.05, 3.63) is 49.9 Å². The van der Waals surface area contributed by atoms with Gasteiger partial charge in [0.1, 0.15) is 0 Å². The molecule has 104 valence electrons. The molecule has 4 nitrogen and oxygen atoms in total. The Balaban J connectivity index is 2.03. The van der Waals surface area contributed by atoms with Crippen LogP contribution >= 0.6 is 22.7 Å². The Kier molecular flexibility index (Phi) is 4.70. The Bertz CT molecular complexity index is 641. The molecule has 2 aromatic rings. The van der Waals surface area contributed by atoms with Gasteiger partial charge in [-0.2, -0.15) is 11.3 Å². The number of carboxylic acids is 1. The number of thiophene rings is 2. The van der Waals surface area contributed by atoms with E-state index < -0.39 is 5.97 Å². The monoisotopic (exact) mass is 307 g/mol. The van der Waals surface area contributed by atoms with Gasteiger partial charge in [-0.15, -0.1) is 11.3 Å². The SMILES string of the molecule is Cc1cc(C(=O)NCc2ccsc2)sc1/C=C/C(=O)O. The van der Waals surface area contributed by atoms with E-state index in [1.54, 1.807) is 17.4 Å². The van der Waals surface area contributed by atoms with E-state index in [1.807, 2.05) is 23.8 Å². The third-order valence-electron chi connectivity index (χ3n) is 2.59. The quantitative estimate of drug-likeness (QED) is 0.834. The number of carbonyl (C=O) groups is 2. The largest absolute Gasteiger partial charge is 0.478 e. The van der Waals surface area contributed by atoms with Crippen molar-refractivity contribution in [1.82, 2.24) is 5.32 Å². The Morgan fingerprint density at radius 2 is 2.25 bits per heavy atom. The molecule has 0 bridgehead atoms. The van der Waals surface area contributed by atoms with Crippen molar-refractivity contribution in [2.45, 2.75) is 13.5 Å². The first-order valence-corrected chi connectivity index (χ1v) is 7.63. The summed E-state index contributed by atoms with van der Waals surface area (Å²) in [7, 11) is 0. The predicted octanol–water partition coefficient (Wildman–Crippen LogP) is 3.15. The number of amides is 1. The molecule has 0 aromatic carbocycles. The molecule has 2 aromatic heterocycles. The van der Waals surface area contributed by atoms with Gasteiger partial charge in [-0.25, -0.2) is 4.79 Å². The van der Waals surface area contributed by atoms with Crippen LogP contribution in [0.5, 0.6) is 0 Å². The van der Waals surface area contributed by atoms with Crippen molar-refractivity contribution in [1.29, 1.82) is 0 Å². The Hall–Kier alpha value is -1.92. The second-order valence-electron chi connectivity index (χ2n) is 4.14. The summed E-state index contributed by atoms with van der Waals surface area (Å²) >= 11 is 2.88. The molecule has 0 saturated carbocycles. The van der Waals surface area contributed by atoms with Gasteiger partial charge in [-0.1, -0.05) is 0 Å². The number of hydrogen-bond acceptors (Lipinski definition) is 4. The molecule has 2 heterocycles. The molecule has 0 unspecified atom stereocenters. The lowest BCUT2D eigenvalue weighted by molar-refractivity contribution is -0.131. The summed E-state index contributed by atoms with van der Waals surface area (Å²) in [6.45, 7) is 2.35. The maximum absolute atomic E-state index is 12.0. The summed E-state index contributed by atoms with van der Waals surface area (Å²) in [5.74, 6) is -1.14. The fourth-order valence-corrected chi connectivity index (χ4v) is 3.25. The van der Waals surface area contributed by atoms with Gasteiger partial charge in [-0.3, -0.25) is 4.79 Å². The van der Waals surface area contributed by atoms with Crippen LogP contribution < -0.4 is 5.32 Å². The maximum Gasteiger partial charge on any atom is 0.328 e. The molecule has 20 heavy (non-hydrogen) atoms. The third-order valence-corrected chi connectivity index (χ3v) is 4.52. The summed E-state index contributed by atoms with van der Waals surface area (Å²) < 4.78 is 0. The summed E-state index contributed by atoms with van der Waals surface area (Å²) in [6, 6.07) is 3.74. The highest BCUT2D eigenvalue weighted by Crippen LogP contribution is 2.23. The smallest absolute Gasteiger partial charge is 0.328 e. The van der Waals surface area contributed by atoms with E-state index in [-0.39, 0.29) is 5.91 Å². The Morgan fingerprint density at radius 3 is 2.90 bits per heavy atom. The van der Waals surface area contributed by atoms with Crippen LogP contribution in [0.4, 0.5) is 0 Å². The van der Waals surface area contributed by atoms with E-state index in [9.17, 15) is 9.59 Å². The molecule has 0 radical (unpaired) electrons. The normalized spacial score (nSPS) is 10.8. The summed E-state index contributed by atoms with van der Waals surface area (Å²) in [6.07, 6.45) is 2.59. The molecule has 2 N–H and O–H groups in total. The number of carboxylic acid groups (broad SMARTS) is 1. The van der Waals surface area contributed by atoms with Crippen LogP contribution in [0.25, 0.3) is 6.08 Å². The predicted molar refractivity (Wildman–Crippen MR) is 81.2 cm³/mol. The van der Waals surface area contributed by atoms with Crippen LogP contribution in [0.3, 0.4) is 0 Å². The second-order valence-corrected chi connectivity index (χ2v) is 6.01. The minimum absolute atomic E-state index is 0.140. The highest BCUT2D eigenvalue weighted by Gasteiger charge is 2.11. The fraction of sp³-hybridized carbons (Fsp3) is 0.143. The maximum atomic E-state index is 12.0. The number of hydrogen-bond donors (Lipinski definition) is 2. The van der Waals surface area contributed by atoms with Crippen molar-refractivity contribution in [3.8, 4) is 0 Å². The first-order chi connectivity index (χ1) is 9.56. The van der Waals surface area contributed by atoms with Crippen LogP contribution in [0.2, 0.25) is 0 Å². The second kappa shape index (κ2) is 6.49. The van der Waals surface area contributed by atoms with E-state index in [1.165, 1.54) is 17.4 Å². The number of rotatable bonds is 5. The van der Waals surface area contributed by atoms with Gasteiger partial charge in [0, 0.05) is 17.5 Å². The van der Waals surface area contributed by atoms with Gasteiger partial charge in [-0.05, 0) is 47.0 Å². The van der Waals surface area contributed by atoms with Crippen molar-refractivity contribution in [2.75, 3.05) is 0 Å². The average Bonchev–Trinajstić information content (AvgIpc) is 3.03. The molecule has 0 saturated heterocycles. The Morgan fingerprint density at radius 1 is 1.45 bits per heavy atom. The summed E-state index contributed by atoms with van der Waals surface area (Å²) in [5.41, 5.74) is 1.97.